The molecule has 6 heteroatoms. The lowest BCUT2D eigenvalue weighted by molar-refractivity contribution is -0.135. The van der Waals surface area contributed by atoms with Crippen molar-refractivity contribution in [1.29, 1.82) is 0 Å². The fourth-order valence-electron chi connectivity index (χ4n) is 3.82. The minimum Gasteiger partial charge on any atom is -0.323 e. The van der Waals surface area contributed by atoms with Crippen molar-refractivity contribution in [3.8, 4) is 0 Å². The zero-order valence-electron chi connectivity index (χ0n) is 14.2. The van der Waals surface area contributed by atoms with Gasteiger partial charge in [0.05, 0.1) is 6.67 Å². The minimum absolute atomic E-state index is 0.0670. The van der Waals surface area contributed by atoms with Crippen molar-refractivity contribution < 1.29 is 9.59 Å². The van der Waals surface area contributed by atoms with E-state index in [4.69, 9.17) is 11.6 Å². The number of benzene rings is 1. The smallest absolute Gasteiger partial charge is 0.323 e. The Bertz CT molecular complexity index is 634. The van der Waals surface area contributed by atoms with Crippen molar-refractivity contribution in [2.45, 2.75) is 44.7 Å². The molecule has 1 aromatic rings. The molecule has 0 aromatic heterocycles. The predicted octanol–water partition coefficient (Wildman–Crippen LogP) is 3.23. The Morgan fingerprint density at radius 3 is 2.67 bits per heavy atom. The molecule has 2 atom stereocenters. The standard InChI is InChI=1S/C18H24ClN3O2/c1-13-5-3-4-10-18(13)16(23)22(17(24)20-18)12-21(2)11-14-6-8-15(19)9-7-14/h6-9,13H,3-5,10-12H2,1-2H3,(H,20,24)/t13-,18-/m0/s1. The van der Waals surface area contributed by atoms with Gasteiger partial charge in [-0.3, -0.25) is 9.69 Å². The zero-order valence-corrected chi connectivity index (χ0v) is 15.0. The molecule has 1 spiro atoms. The Morgan fingerprint density at radius 1 is 1.29 bits per heavy atom. The quantitative estimate of drug-likeness (QED) is 0.849. The third kappa shape index (κ3) is 3.15. The van der Waals surface area contributed by atoms with Gasteiger partial charge in [-0.15, -0.1) is 0 Å². The largest absolute Gasteiger partial charge is 0.326 e. The van der Waals surface area contributed by atoms with E-state index in [1.807, 2.05) is 36.2 Å². The van der Waals surface area contributed by atoms with E-state index >= 15 is 0 Å². The molecule has 24 heavy (non-hydrogen) atoms. The van der Waals surface area contributed by atoms with Crippen molar-refractivity contribution in [1.82, 2.24) is 15.1 Å². The van der Waals surface area contributed by atoms with Gasteiger partial charge in [0.2, 0.25) is 0 Å². The Hall–Kier alpha value is -1.59. The molecule has 1 heterocycles. The van der Waals surface area contributed by atoms with Gasteiger partial charge < -0.3 is 5.32 Å². The second-order valence-corrected chi connectivity index (χ2v) is 7.50. The van der Waals surface area contributed by atoms with Crippen molar-refractivity contribution in [2.75, 3.05) is 13.7 Å². The summed E-state index contributed by atoms with van der Waals surface area (Å²) in [5.74, 6) is 0.122. The highest BCUT2D eigenvalue weighted by atomic mass is 35.5. The van der Waals surface area contributed by atoms with E-state index in [0.717, 1.165) is 31.2 Å². The van der Waals surface area contributed by atoms with Gasteiger partial charge in [-0.2, -0.15) is 0 Å². The molecular weight excluding hydrogens is 326 g/mol. The number of urea groups is 1. The second-order valence-electron chi connectivity index (χ2n) is 7.06. The molecule has 2 aliphatic rings. The Kier molecular flexibility index (Phi) is 4.83. The summed E-state index contributed by atoms with van der Waals surface area (Å²) in [5, 5.41) is 3.69. The van der Waals surface area contributed by atoms with E-state index in [-0.39, 0.29) is 17.9 Å². The van der Waals surface area contributed by atoms with Gasteiger partial charge in [-0.05, 0) is 43.5 Å². The van der Waals surface area contributed by atoms with Crippen LogP contribution in [0.1, 0.15) is 38.2 Å². The monoisotopic (exact) mass is 349 g/mol. The summed E-state index contributed by atoms with van der Waals surface area (Å²) in [4.78, 5) is 28.6. The van der Waals surface area contributed by atoms with Crippen molar-refractivity contribution in [2.24, 2.45) is 5.92 Å². The van der Waals surface area contributed by atoms with Crippen LogP contribution < -0.4 is 5.32 Å². The number of halogens is 1. The fourth-order valence-corrected chi connectivity index (χ4v) is 3.94. The first-order chi connectivity index (χ1) is 11.4. The number of amides is 3. The summed E-state index contributed by atoms with van der Waals surface area (Å²) < 4.78 is 0. The van der Waals surface area contributed by atoms with Crippen LogP contribution in [0, 0.1) is 5.92 Å². The first kappa shape index (κ1) is 17.2. The normalized spacial score (nSPS) is 27.2. The fraction of sp³-hybridized carbons (Fsp3) is 0.556. The van der Waals surface area contributed by atoms with Crippen LogP contribution in [0.25, 0.3) is 0 Å². The molecule has 2 fully saturated rings. The van der Waals surface area contributed by atoms with Crippen LogP contribution in [-0.2, 0) is 11.3 Å². The van der Waals surface area contributed by atoms with Gasteiger partial charge in [-0.1, -0.05) is 43.5 Å². The van der Waals surface area contributed by atoms with Crippen LogP contribution in [0.5, 0.6) is 0 Å². The summed E-state index contributed by atoms with van der Waals surface area (Å²) in [5.41, 5.74) is 0.408. The molecule has 1 aliphatic heterocycles. The van der Waals surface area contributed by atoms with Crippen molar-refractivity contribution in [3.05, 3.63) is 34.9 Å². The van der Waals surface area contributed by atoms with E-state index in [9.17, 15) is 9.59 Å². The maximum Gasteiger partial charge on any atom is 0.326 e. The molecule has 1 saturated heterocycles. The lowest BCUT2D eigenvalue weighted by Crippen LogP contribution is -2.54. The van der Waals surface area contributed by atoms with Gasteiger partial charge in [0, 0.05) is 11.6 Å². The molecule has 130 valence electrons. The molecule has 5 nitrogen and oxygen atoms in total. The van der Waals surface area contributed by atoms with Crippen LogP contribution in [0.2, 0.25) is 5.02 Å². The SMILES string of the molecule is C[C@H]1CCCC[C@]12NC(=O)N(CN(C)Cc1ccc(Cl)cc1)C2=O. The van der Waals surface area contributed by atoms with Gasteiger partial charge >= 0.3 is 6.03 Å². The zero-order chi connectivity index (χ0) is 17.3. The predicted molar refractivity (Wildman–Crippen MR) is 93.5 cm³/mol. The molecule has 0 unspecified atom stereocenters. The highest BCUT2D eigenvalue weighted by molar-refractivity contribution is 6.30. The van der Waals surface area contributed by atoms with Crippen LogP contribution in [-0.4, -0.2) is 41.0 Å². The average Bonchev–Trinajstić information content (AvgIpc) is 2.78. The lowest BCUT2D eigenvalue weighted by atomic mass is 9.73. The summed E-state index contributed by atoms with van der Waals surface area (Å²) in [6.07, 6.45) is 3.85. The topological polar surface area (TPSA) is 52.7 Å². The number of hydrogen-bond donors (Lipinski definition) is 1. The molecule has 1 N–H and O–H groups in total. The highest BCUT2D eigenvalue weighted by Gasteiger charge is 2.54. The van der Waals surface area contributed by atoms with Crippen LogP contribution in [0.4, 0.5) is 4.79 Å². The number of imide groups is 1. The molecule has 1 aliphatic carbocycles. The molecule has 1 saturated carbocycles. The maximum atomic E-state index is 12.9. The average molecular weight is 350 g/mol. The minimum atomic E-state index is -0.684. The number of nitrogens with one attached hydrogen (secondary N) is 1. The first-order valence-electron chi connectivity index (χ1n) is 8.49. The number of rotatable bonds is 4. The Labute approximate surface area is 147 Å². The van der Waals surface area contributed by atoms with E-state index < -0.39 is 5.54 Å². The molecule has 3 amide bonds. The van der Waals surface area contributed by atoms with Crippen molar-refractivity contribution in [3.63, 3.8) is 0 Å². The van der Waals surface area contributed by atoms with Crippen LogP contribution >= 0.6 is 11.6 Å². The number of hydrogen-bond acceptors (Lipinski definition) is 3. The molecule has 1 aromatic carbocycles. The second kappa shape index (κ2) is 6.73. The lowest BCUT2D eigenvalue weighted by Gasteiger charge is -2.37. The summed E-state index contributed by atoms with van der Waals surface area (Å²) in [7, 11) is 1.91. The molecule has 0 bridgehead atoms. The van der Waals surface area contributed by atoms with Gasteiger partial charge in [0.1, 0.15) is 5.54 Å². The Morgan fingerprint density at radius 2 is 2.00 bits per heavy atom. The third-order valence-corrected chi connectivity index (χ3v) is 5.50. The molecule has 0 radical (unpaired) electrons. The third-order valence-electron chi connectivity index (χ3n) is 5.25. The van der Waals surface area contributed by atoms with E-state index in [2.05, 4.69) is 12.2 Å². The van der Waals surface area contributed by atoms with Crippen LogP contribution in [0.3, 0.4) is 0 Å². The van der Waals surface area contributed by atoms with Gasteiger partial charge in [0.15, 0.2) is 0 Å². The number of carbonyl (C=O) groups is 2. The summed E-state index contributed by atoms with van der Waals surface area (Å²) >= 11 is 5.90. The first-order valence-corrected chi connectivity index (χ1v) is 8.87. The number of nitrogens with zero attached hydrogens (tertiary/aromatic N) is 2. The highest BCUT2D eigenvalue weighted by Crippen LogP contribution is 2.38. The van der Waals surface area contributed by atoms with E-state index in [1.54, 1.807) is 0 Å². The summed E-state index contributed by atoms with van der Waals surface area (Å²) in [6, 6.07) is 7.33. The van der Waals surface area contributed by atoms with E-state index in [0.29, 0.717) is 18.2 Å². The maximum absolute atomic E-state index is 12.9. The number of carbonyl (C=O) groups excluding carboxylic acids is 2. The van der Waals surface area contributed by atoms with Crippen molar-refractivity contribution >= 4 is 23.5 Å². The van der Waals surface area contributed by atoms with Crippen LogP contribution in [0.15, 0.2) is 24.3 Å². The van der Waals surface area contributed by atoms with Gasteiger partial charge in [-0.25, -0.2) is 9.69 Å². The Balaban J connectivity index is 1.67. The summed E-state index contributed by atoms with van der Waals surface area (Å²) in [6.45, 7) is 3.01. The van der Waals surface area contributed by atoms with E-state index in [1.165, 1.54) is 4.90 Å². The molecule has 3 rings (SSSR count). The molecular formula is C18H24ClN3O2. The van der Waals surface area contributed by atoms with Gasteiger partial charge in [0.25, 0.3) is 5.91 Å².